The normalized spacial score (nSPS) is 16.3. The molecule has 1 N–H and O–H groups in total. The summed E-state index contributed by atoms with van der Waals surface area (Å²) in [6.07, 6.45) is 1.96. The van der Waals surface area contributed by atoms with Gasteiger partial charge in [0.25, 0.3) is 5.91 Å². The van der Waals surface area contributed by atoms with E-state index in [0.29, 0.717) is 13.0 Å². The number of Topliss-reactive ketones (excluding diaryl/α,β-unsaturated/α-hetero) is 1. The first kappa shape index (κ1) is 23.4. The van der Waals surface area contributed by atoms with Gasteiger partial charge in [0.05, 0.1) is 25.0 Å². The third-order valence-electron chi connectivity index (χ3n) is 6.19. The van der Waals surface area contributed by atoms with Crippen molar-refractivity contribution in [3.63, 3.8) is 0 Å². The van der Waals surface area contributed by atoms with E-state index in [1.165, 1.54) is 12.3 Å². The maximum absolute atomic E-state index is 13.3. The minimum atomic E-state index is -0.711. The van der Waals surface area contributed by atoms with E-state index < -0.39 is 23.5 Å². The first-order chi connectivity index (χ1) is 16.2. The molecule has 176 valence electrons. The van der Waals surface area contributed by atoms with Crippen molar-refractivity contribution < 1.29 is 23.8 Å². The zero-order valence-corrected chi connectivity index (χ0v) is 19.9. The summed E-state index contributed by atoms with van der Waals surface area (Å²) in [6.45, 7) is 6.70. The second-order valence-corrected chi connectivity index (χ2v) is 9.44. The number of aliphatic hydroxyl groups excluding tert-OH is 1. The van der Waals surface area contributed by atoms with E-state index in [4.69, 9.17) is 9.15 Å². The fourth-order valence-corrected chi connectivity index (χ4v) is 4.21. The number of methoxy groups -OCH3 is 1. The Hall–Kier alpha value is -3.80. The van der Waals surface area contributed by atoms with Crippen molar-refractivity contribution >= 4 is 11.7 Å². The molecule has 6 heteroatoms. The van der Waals surface area contributed by atoms with Gasteiger partial charge in [0.15, 0.2) is 11.5 Å². The molecule has 2 aromatic carbocycles. The second kappa shape index (κ2) is 9.21. The Labute approximate surface area is 199 Å². The molecule has 4 rings (SSSR count). The maximum atomic E-state index is 13.3. The van der Waals surface area contributed by atoms with Gasteiger partial charge in [-0.05, 0) is 52.8 Å². The number of carbonyl (C=O) groups excluding carboxylic acids is 2. The molecule has 0 fully saturated rings. The Morgan fingerprint density at radius 2 is 1.74 bits per heavy atom. The minimum absolute atomic E-state index is 0.0388. The zero-order chi connectivity index (χ0) is 24.5. The van der Waals surface area contributed by atoms with E-state index in [-0.39, 0.29) is 16.7 Å². The van der Waals surface area contributed by atoms with Gasteiger partial charge in [-0.25, -0.2) is 0 Å². The lowest BCUT2D eigenvalue weighted by atomic mass is 9.85. The molecule has 0 saturated heterocycles. The topological polar surface area (TPSA) is 80.0 Å². The number of ketones is 1. The van der Waals surface area contributed by atoms with E-state index >= 15 is 0 Å². The Bertz CT molecular complexity index is 1200. The van der Waals surface area contributed by atoms with Crippen LogP contribution < -0.4 is 4.74 Å². The van der Waals surface area contributed by atoms with Crippen LogP contribution in [-0.2, 0) is 16.6 Å². The van der Waals surface area contributed by atoms with Crippen LogP contribution in [0.4, 0.5) is 0 Å². The Balaban J connectivity index is 1.69. The lowest BCUT2D eigenvalue weighted by molar-refractivity contribution is -0.129. The van der Waals surface area contributed by atoms with E-state index in [1.807, 2.05) is 48.5 Å². The van der Waals surface area contributed by atoms with Crippen LogP contribution in [-0.4, -0.2) is 35.4 Å². The van der Waals surface area contributed by atoms with Gasteiger partial charge >= 0.3 is 0 Å². The van der Waals surface area contributed by atoms with Crippen molar-refractivity contribution in [1.82, 2.24) is 4.90 Å². The number of carbonyl (C=O) groups is 2. The highest BCUT2D eigenvalue weighted by Gasteiger charge is 2.44. The van der Waals surface area contributed by atoms with E-state index in [0.717, 1.165) is 22.4 Å². The molecular formula is C28H29NO5. The number of nitrogens with zero attached hydrogens (tertiary/aromatic N) is 1. The number of ether oxygens (including phenoxy) is 1. The van der Waals surface area contributed by atoms with Crippen molar-refractivity contribution in [3.8, 4) is 5.75 Å². The second-order valence-electron chi connectivity index (χ2n) is 9.44. The summed E-state index contributed by atoms with van der Waals surface area (Å²) < 4.78 is 10.5. The molecule has 1 aliphatic heterocycles. The van der Waals surface area contributed by atoms with Gasteiger partial charge in [-0.2, -0.15) is 0 Å². The Morgan fingerprint density at radius 1 is 1.06 bits per heavy atom. The summed E-state index contributed by atoms with van der Waals surface area (Å²) in [6, 6.07) is 17.9. The molecular weight excluding hydrogens is 430 g/mol. The summed E-state index contributed by atoms with van der Waals surface area (Å²) in [5.41, 5.74) is 2.91. The molecule has 0 bridgehead atoms. The van der Waals surface area contributed by atoms with E-state index in [2.05, 4.69) is 20.8 Å². The zero-order valence-electron chi connectivity index (χ0n) is 19.9. The molecule has 0 aliphatic carbocycles. The third kappa shape index (κ3) is 4.49. The molecule has 0 radical (unpaired) electrons. The first-order valence-corrected chi connectivity index (χ1v) is 11.3. The number of benzene rings is 2. The van der Waals surface area contributed by atoms with Crippen LogP contribution in [0, 0.1) is 0 Å². The van der Waals surface area contributed by atoms with Crippen LogP contribution in [0.1, 0.15) is 54.1 Å². The van der Waals surface area contributed by atoms with Gasteiger partial charge in [-0.3, -0.25) is 9.59 Å². The molecule has 1 atom stereocenters. The third-order valence-corrected chi connectivity index (χ3v) is 6.19. The lowest BCUT2D eigenvalue weighted by Gasteiger charge is -2.27. The van der Waals surface area contributed by atoms with Crippen LogP contribution in [0.15, 0.2) is 82.7 Å². The van der Waals surface area contributed by atoms with Crippen LogP contribution in [0.5, 0.6) is 5.75 Å². The number of amides is 1. The molecule has 2 heterocycles. The SMILES string of the molecule is COc1ccc(CCN2C(=O)C(O)=C(C(=O)c3ccco3)C2c2ccc(C(C)(C)C)cc2)cc1. The summed E-state index contributed by atoms with van der Waals surface area (Å²) in [5, 5.41) is 10.8. The molecule has 1 aliphatic rings. The molecule has 0 spiro atoms. The van der Waals surface area contributed by atoms with Gasteiger partial charge < -0.3 is 19.2 Å². The van der Waals surface area contributed by atoms with Crippen LogP contribution in [0.2, 0.25) is 0 Å². The van der Waals surface area contributed by atoms with Gasteiger partial charge in [0.2, 0.25) is 5.78 Å². The smallest absolute Gasteiger partial charge is 0.290 e. The average Bonchev–Trinajstić information content (AvgIpc) is 3.45. The molecule has 34 heavy (non-hydrogen) atoms. The number of aliphatic hydroxyl groups is 1. The van der Waals surface area contributed by atoms with Crippen molar-refractivity contribution in [2.45, 2.75) is 38.6 Å². The first-order valence-electron chi connectivity index (χ1n) is 11.3. The van der Waals surface area contributed by atoms with E-state index in [9.17, 15) is 14.7 Å². The minimum Gasteiger partial charge on any atom is -0.503 e. The lowest BCUT2D eigenvalue weighted by Crippen LogP contribution is -2.33. The summed E-state index contributed by atoms with van der Waals surface area (Å²) >= 11 is 0. The number of rotatable bonds is 7. The van der Waals surface area contributed by atoms with Gasteiger partial charge in [0, 0.05) is 6.54 Å². The maximum Gasteiger partial charge on any atom is 0.290 e. The summed E-state index contributed by atoms with van der Waals surface area (Å²) in [5.74, 6) is -0.742. The Kier molecular flexibility index (Phi) is 6.33. The van der Waals surface area contributed by atoms with E-state index in [1.54, 1.807) is 18.1 Å². The molecule has 1 unspecified atom stereocenters. The van der Waals surface area contributed by atoms with Crippen LogP contribution in [0.3, 0.4) is 0 Å². The van der Waals surface area contributed by atoms with Crippen LogP contribution >= 0.6 is 0 Å². The predicted molar refractivity (Wildman–Crippen MR) is 129 cm³/mol. The molecule has 0 saturated carbocycles. The fraction of sp³-hybridized carbons (Fsp3) is 0.286. The fourth-order valence-electron chi connectivity index (χ4n) is 4.21. The highest BCUT2D eigenvalue weighted by atomic mass is 16.5. The standard InChI is InChI=1S/C28H29NO5/c1-28(2,3)20-11-9-19(10-12-20)24-23(25(30)22-6-5-17-34-22)26(31)27(32)29(24)16-15-18-7-13-21(33-4)14-8-18/h5-14,17,24,31H,15-16H2,1-4H3. The van der Waals surface area contributed by atoms with Crippen LogP contribution in [0.25, 0.3) is 0 Å². The average molecular weight is 460 g/mol. The van der Waals surface area contributed by atoms with Crippen molar-refractivity contribution in [2.75, 3.05) is 13.7 Å². The quantitative estimate of drug-likeness (QED) is 0.478. The predicted octanol–water partition coefficient (Wildman–Crippen LogP) is 5.41. The van der Waals surface area contributed by atoms with Crippen molar-refractivity contribution in [2.24, 2.45) is 0 Å². The summed E-state index contributed by atoms with van der Waals surface area (Å²) in [7, 11) is 1.61. The van der Waals surface area contributed by atoms with Gasteiger partial charge in [-0.15, -0.1) is 0 Å². The molecule has 1 aromatic heterocycles. The molecule has 6 nitrogen and oxygen atoms in total. The largest absolute Gasteiger partial charge is 0.503 e. The molecule has 3 aromatic rings. The Morgan fingerprint density at radius 3 is 2.29 bits per heavy atom. The highest BCUT2D eigenvalue weighted by Crippen LogP contribution is 2.39. The van der Waals surface area contributed by atoms with Gasteiger partial charge in [0.1, 0.15) is 5.75 Å². The number of hydrogen-bond acceptors (Lipinski definition) is 5. The van der Waals surface area contributed by atoms with Crippen molar-refractivity contribution in [3.05, 3.63) is 101 Å². The summed E-state index contributed by atoms with van der Waals surface area (Å²) in [4.78, 5) is 28.0. The van der Waals surface area contributed by atoms with Crippen molar-refractivity contribution in [1.29, 1.82) is 0 Å². The molecule has 1 amide bonds. The van der Waals surface area contributed by atoms with Gasteiger partial charge in [-0.1, -0.05) is 57.2 Å². The highest BCUT2D eigenvalue weighted by molar-refractivity contribution is 6.15. The number of hydrogen-bond donors (Lipinski definition) is 1. The number of furan rings is 1. The monoisotopic (exact) mass is 459 g/mol.